The van der Waals surface area contributed by atoms with Crippen molar-refractivity contribution in [3.8, 4) is 5.75 Å². The smallest absolute Gasteiger partial charge is 0.311 e. The van der Waals surface area contributed by atoms with E-state index in [9.17, 15) is 27.7 Å². The normalized spacial score (nSPS) is 14.4. The summed E-state index contributed by atoms with van der Waals surface area (Å²) in [6.45, 7) is 0.930. The van der Waals surface area contributed by atoms with Gasteiger partial charge >= 0.3 is 5.69 Å². The van der Waals surface area contributed by atoms with Gasteiger partial charge in [-0.05, 0) is 36.4 Å². The Kier molecular flexibility index (Phi) is 7.04. The maximum Gasteiger partial charge on any atom is 0.311 e. The van der Waals surface area contributed by atoms with Crippen LogP contribution >= 0.6 is 0 Å². The number of carbonyl (C=O) groups is 1. The second-order valence-corrected chi connectivity index (χ2v) is 9.32. The number of carbonyl (C=O) groups excluding carboxylic acids is 1. The fraction of sp³-hybridized carbons (Fsp3) is 0.238. The molecule has 2 heterocycles. The van der Waals surface area contributed by atoms with Gasteiger partial charge in [0.15, 0.2) is 12.4 Å². The van der Waals surface area contributed by atoms with Gasteiger partial charge < -0.3 is 14.8 Å². The number of halogens is 1. The SMILES string of the molecule is O=C(Nc1ccc(S(=O)(=O)N2CCOCC2)cc1)c1ccn(COc2cc(F)ccc2[N+](=O)[O-])n1. The molecule has 0 radical (unpaired) electrons. The van der Waals surface area contributed by atoms with Crippen LogP contribution in [0.5, 0.6) is 5.75 Å². The van der Waals surface area contributed by atoms with Crippen LogP contribution in [0, 0.1) is 15.9 Å². The summed E-state index contributed by atoms with van der Waals surface area (Å²) in [6, 6.07) is 9.96. The van der Waals surface area contributed by atoms with Crippen LogP contribution in [0.1, 0.15) is 10.5 Å². The molecule has 3 aromatic rings. The molecule has 0 bridgehead atoms. The number of ether oxygens (including phenoxy) is 2. The number of rotatable bonds is 8. The first-order chi connectivity index (χ1) is 16.7. The Morgan fingerprint density at radius 3 is 2.57 bits per heavy atom. The number of sulfonamides is 1. The number of morpholine rings is 1. The van der Waals surface area contributed by atoms with E-state index in [0.29, 0.717) is 18.9 Å². The average molecular weight is 505 g/mol. The van der Waals surface area contributed by atoms with Crippen molar-refractivity contribution in [2.75, 3.05) is 31.6 Å². The minimum absolute atomic E-state index is 0.0207. The third-order valence-electron chi connectivity index (χ3n) is 5.06. The van der Waals surface area contributed by atoms with Gasteiger partial charge in [-0.25, -0.2) is 17.5 Å². The molecule has 184 valence electrons. The van der Waals surface area contributed by atoms with Crippen molar-refractivity contribution in [1.29, 1.82) is 0 Å². The summed E-state index contributed by atoms with van der Waals surface area (Å²) in [5, 5.41) is 17.7. The highest BCUT2D eigenvalue weighted by Gasteiger charge is 2.26. The molecular formula is C21H20FN5O7S. The molecule has 1 saturated heterocycles. The molecule has 0 spiro atoms. The van der Waals surface area contributed by atoms with Gasteiger partial charge in [0.05, 0.1) is 23.0 Å². The highest BCUT2D eigenvalue weighted by Crippen LogP contribution is 2.27. The topological polar surface area (TPSA) is 146 Å². The summed E-state index contributed by atoms with van der Waals surface area (Å²) in [6.07, 6.45) is 1.41. The molecule has 14 heteroatoms. The standard InChI is InChI=1S/C21H20FN5O7S/c22-15-1-6-19(27(29)30)20(13-15)34-14-25-8-7-18(24-25)21(28)23-16-2-4-17(5-3-16)35(31,32)26-9-11-33-12-10-26/h1-8,13H,9-12,14H2,(H,23,28). The van der Waals surface area contributed by atoms with Crippen LogP contribution in [-0.4, -0.2) is 59.6 Å². The number of anilines is 1. The van der Waals surface area contributed by atoms with Crippen LogP contribution in [0.25, 0.3) is 0 Å². The summed E-state index contributed by atoms with van der Waals surface area (Å²) in [5.74, 6) is -1.54. The Morgan fingerprint density at radius 1 is 1.17 bits per heavy atom. The second-order valence-electron chi connectivity index (χ2n) is 7.38. The highest BCUT2D eigenvalue weighted by molar-refractivity contribution is 7.89. The van der Waals surface area contributed by atoms with Crippen LogP contribution in [0.2, 0.25) is 0 Å². The molecule has 0 unspecified atom stereocenters. The molecule has 4 rings (SSSR count). The Morgan fingerprint density at radius 2 is 1.89 bits per heavy atom. The van der Waals surface area contributed by atoms with Crippen LogP contribution in [-0.2, 0) is 21.5 Å². The van der Waals surface area contributed by atoms with E-state index in [1.54, 1.807) is 0 Å². The minimum atomic E-state index is -3.65. The molecule has 0 saturated carbocycles. The Labute approximate surface area is 199 Å². The number of benzene rings is 2. The van der Waals surface area contributed by atoms with E-state index in [0.717, 1.165) is 18.2 Å². The summed E-state index contributed by atoms with van der Waals surface area (Å²) in [5.41, 5.74) is -0.0277. The van der Waals surface area contributed by atoms with Crippen LogP contribution in [0.4, 0.5) is 15.8 Å². The highest BCUT2D eigenvalue weighted by atomic mass is 32.2. The number of amides is 1. The van der Waals surface area contributed by atoms with E-state index in [1.807, 2.05) is 0 Å². The molecule has 2 aromatic carbocycles. The van der Waals surface area contributed by atoms with Gasteiger partial charge in [-0.15, -0.1) is 0 Å². The summed E-state index contributed by atoms with van der Waals surface area (Å²) in [4.78, 5) is 23.0. The monoisotopic (exact) mass is 505 g/mol. The number of nitrogens with one attached hydrogen (secondary N) is 1. The van der Waals surface area contributed by atoms with Crippen molar-refractivity contribution in [3.05, 3.63) is 76.4 Å². The maximum atomic E-state index is 13.4. The molecule has 1 aromatic heterocycles. The van der Waals surface area contributed by atoms with Gasteiger partial charge in [0.2, 0.25) is 15.8 Å². The van der Waals surface area contributed by atoms with Crippen molar-refractivity contribution >= 4 is 27.3 Å². The second kappa shape index (κ2) is 10.2. The lowest BCUT2D eigenvalue weighted by Crippen LogP contribution is -2.40. The summed E-state index contributed by atoms with van der Waals surface area (Å²) < 4.78 is 51.8. The third-order valence-corrected chi connectivity index (χ3v) is 6.98. The zero-order valence-corrected chi connectivity index (χ0v) is 19.0. The summed E-state index contributed by atoms with van der Waals surface area (Å²) in [7, 11) is -3.65. The van der Waals surface area contributed by atoms with Crippen molar-refractivity contribution in [3.63, 3.8) is 0 Å². The maximum absolute atomic E-state index is 13.4. The minimum Gasteiger partial charge on any atom is -0.464 e. The van der Waals surface area contributed by atoms with E-state index < -0.39 is 32.4 Å². The first-order valence-electron chi connectivity index (χ1n) is 10.3. The molecule has 35 heavy (non-hydrogen) atoms. The van der Waals surface area contributed by atoms with Gasteiger partial charge in [-0.1, -0.05) is 0 Å². The summed E-state index contributed by atoms with van der Waals surface area (Å²) >= 11 is 0. The zero-order chi connectivity index (χ0) is 25.0. The van der Waals surface area contributed by atoms with Crippen molar-refractivity contribution in [2.45, 2.75) is 11.6 Å². The molecule has 0 atom stereocenters. The quantitative estimate of drug-likeness (QED) is 0.362. The Balaban J connectivity index is 1.38. The first-order valence-corrected chi connectivity index (χ1v) is 11.8. The molecule has 0 aliphatic carbocycles. The van der Waals surface area contributed by atoms with E-state index in [2.05, 4.69) is 10.4 Å². The van der Waals surface area contributed by atoms with E-state index in [-0.39, 0.29) is 36.2 Å². The number of hydrogen-bond acceptors (Lipinski definition) is 8. The van der Waals surface area contributed by atoms with Crippen LogP contribution in [0.3, 0.4) is 0 Å². The molecule has 1 N–H and O–H groups in total. The van der Waals surface area contributed by atoms with Gasteiger partial charge in [0, 0.05) is 37.1 Å². The molecule has 1 fully saturated rings. The van der Waals surface area contributed by atoms with Crippen LogP contribution < -0.4 is 10.1 Å². The van der Waals surface area contributed by atoms with Crippen molar-refractivity contribution in [1.82, 2.24) is 14.1 Å². The molecule has 1 aliphatic heterocycles. The Hall–Kier alpha value is -3.88. The zero-order valence-electron chi connectivity index (χ0n) is 18.2. The molecule has 12 nitrogen and oxygen atoms in total. The number of nitro groups is 1. The molecule has 1 aliphatic rings. The molecular weight excluding hydrogens is 485 g/mol. The van der Waals surface area contributed by atoms with Crippen LogP contribution in [0.15, 0.2) is 59.6 Å². The third kappa shape index (κ3) is 5.62. The fourth-order valence-corrected chi connectivity index (χ4v) is 4.69. The predicted molar refractivity (Wildman–Crippen MR) is 120 cm³/mol. The van der Waals surface area contributed by atoms with E-state index in [1.165, 1.54) is 45.5 Å². The van der Waals surface area contributed by atoms with Crippen molar-refractivity contribution in [2.24, 2.45) is 0 Å². The van der Waals surface area contributed by atoms with Gasteiger partial charge in [-0.2, -0.15) is 9.40 Å². The lowest BCUT2D eigenvalue weighted by atomic mass is 10.3. The van der Waals surface area contributed by atoms with Gasteiger partial charge in [-0.3, -0.25) is 14.9 Å². The van der Waals surface area contributed by atoms with Gasteiger partial charge in [0.25, 0.3) is 5.91 Å². The van der Waals surface area contributed by atoms with Crippen molar-refractivity contribution < 1.29 is 32.0 Å². The van der Waals surface area contributed by atoms with E-state index >= 15 is 0 Å². The predicted octanol–water partition coefficient (Wildman–Crippen LogP) is 2.24. The lowest BCUT2D eigenvalue weighted by molar-refractivity contribution is -0.386. The first kappa shape index (κ1) is 24.3. The largest absolute Gasteiger partial charge is 0.464 e. The Bertz CT molecular complexity index is 1340. The molecule has 1 amide bonds. The number of nitrogens with zero attached hydrogens (tertiary/aromatic N) is 4. The fourth-order valence-electron chi connectivity index (χ4n) is 3.29. The number of hydrogen-bond donors (Lipinski definition) is 1. The average Bonchev–Trinajstić information content (AvgIpc) is 3.33. The van der Waals surface area contributed by atoms with E-state index in [4.69, 9.17) is 9.47 Å². The number of nitro benzene ring substituents is 1. The van der Waals surface area contributed by atoms with Gasteiger partial charge in [0.1, 0.15) is 5.82 Å². The lowest BCUT2D eigenvalue weighted by Gasteiger charge is -2.26. The number of aromatic nitrogens is 2.